The average Bonchev–Trinajstić information content (AvgIpc) is 2.97. The van der Waals surface area contributed by atoms with Crippen molar-refractivity contribution in [1.82, 2.24) is 10.1 Å². The van der Waals surface area contributed by atoms with E-state index in [0.29, 0.717) is 28.1 Å². The van der Waals surface area contributed by atoms with Crippen LogP contribution in [0.4, 0.5) is 0 Å². The van der Waals surface area contributed by atoms with Crippen molar-refractivity contribution in [3.8, 4) is 28.6 Å². The van der Waals surface area contributed by atoms with Gasteiger partial charge in [0.05, 0.1) is 12.7 Å². The summed E-state index contributed by atoms with van der Waals surface area (Å²) < 4.78 is 10.7. The molecule has 21 heavy (non-hydrogen) atoms. The monoisotopic (exact) mass is 300 g/mol. The molecule has 0 atom stereocenters. The van der Waals surface area contributed by atoms with Crippen molar-refractivity contribution in [2.75, 3.05) is 7.11 Å². The Morgan fingerprint density at radius 3 is 2.67 bits per heavy atom. The molecule has 0 radical (unpaired) electrons. The third kappa shape index (κ3) is 2.62. The number of halogens is 1. The number of aromatic nitrogens is 2. The zero-order valence-corrected chi connectivity index (χ0v) is 12.4. The molecule has 0 aliphatic carbocycles. The van der Waals surface area contributed by atoms with Gasteiger partial charge < -0.3 is 9.26 Å². The Morgan fingerprint density at radius 2 is 1.90 bits per heavy atom. The van der Waals surface area contributed by atoms with Gasteiger partial charge in [0.15, 0.2) is 0 Å². The number of benzene rings is 2. The molecule has 0 saturated carbocycles. The number of hydrogen-bond donors (Lipinski definition) is 0. The molecule has 3 rings (SSSR count). The summed E-state index contributed by atoms with van der Waals surface area (Å²) in [5.74, 6) is 1.58. The van der Waals surface area contributed by atoms with Gasteiger partial charge >= 0.3 is 0 Å². The molecule has 2 aromatic carbocycles. The average molecular weight is 301 g/mol. The molecule has 0 aliphatic rings. The van der Waals surface area contributed by atoms with Crippen molar-refractivity contribution in [3.05, 3.63) is 53.1 Å². The van der Waals surface area contributed by atoms with Crippen LogP contribution >= 0.6 is 11.6 Å². The van der Waals surface area contributed by atoms with Crippen molar-refractivity contribution in [1.29, 1.82) is 0 Å². The Labute approximate surface area is 127 Å². The Bertz CT molecular complexity index is 783. The number of methoxy groups -OCH3 is 1. The van der Waals surface area contributed by atoms with Crippen LogP contribution in [-0.4, -0.2) is 17.3 Å². The highest BCUT2D eigenvalue weighted by molar-refractivity contribution is 6.30. The van der Waals surface area contributed by atoms with Crippen LogP contribution < -0.4 is 4.74 Å². The van der Waals surface area contributed by atoms with Gasteiger partial charge in [0.1, 0.15) is 5.75 Å². The molecule has 5 heteroatoms. The van der Waals surface area contributed by atoms with E-state index in [1.165, 1.54) is 0 Å². The molecular weight excluding hydrogens is 288 g/mol. The van der Waals surface area contributed by atoms with Gasteiger partial charge in [0.2, 0.25) is 5.82 Å². The SMILES string of the molecule is COc1ccc(Cl)cc1-c1noc(-c2ccccc2C)n1. The molecule has 3 aromatic rings. The van der Waals surface area contributed by atoms with E-state index in [2.05, 4.69) is 10.1 Å². The molecule has 0 saturated heterocycles. The van der Waals surface area contributed by atoms with Crippen molar-refractivity contribution < 1.29 is 9.26 Å². The summed E-state index contributed by atoms with van der Waals surface area (Å²) in [6.45, 7) is 2.00. The van der Waals surface area contributed by atoms with Crippen molar-refractivity contribution in [2.24, 2.45) is 0 Å². The largest absolute Gasteiger partial charge is 0.496 e. The lowest BCUT2D eigenvalue weighted by Gasteiger charge is -2.04. The Kier molecular flexibility index (Phi) is 3.62. The zero-order chi connectivity index (χ0) is 14.8. The molecule has 106 valence electrons. The topological polar surface area (TPSA) is 48.2 Å². The Balaban J connectivity index is 2.07. The summed E-state index contributed by atoms with van der Waals surface area (Å²) in [6, 6.07) is 13.1. The van der Waals surface area contributed by atoms with Crippen LogP contribution in [0.2, 0.25) is 5.02 Å². The van der Waals surface area contributed by atoms with Gasteiger partial charge in [-0.25, -0.2) is 0 Å². The van der Waals surface area contributed by atoms with E-state index < -0.39 is 0 Å². The number of nitrogens with zero attached hydrogens (tertiary/aromatic N) is 2. The van der Waals surface area contributed by atoms with Crippen molar-refractivity contribution >= 4 is 11.6 Å². The van der Waals surface area contributed by atoms with Crippen LogP contribution in [0.5, 0.6) is 5.75 Å². The summed E-state index contributed by atoms with van der Waals surface area (Å²) in [6.07, 6.45) is 0. The number of hydrogen-bond acceptors (Lipinski definition) is 4. The highest BCUT2D eigenvalue weighted by Crippen LogP contribution is 2.32. The molecule has 4 nitrogen and oxygen atoms in total. The van der Waals surface area contributed by atoms with E-state index in [-0.39, 0.29) is 0 Å². The fraction of sp³-hybridized carbons (Fsp3) is 0.125. The van der Waals surface area contributed by atoms with E-state index in [9.17, 15) is 0 Å². The molecule has 0 amide bonds. The van der Waals surface area contributed by atoms with Crippen LogP contribution in [-0.2, 0) is 0 Å². The van der Waals surface area contributed by atoms with Crippen LogP contribution in [0.25, 0.3) is 22.8 Å². The van der Waals surface area contributed by atoms with E-state index >= 15 is 0 Å². The Morgan fingerprint density at radius 1 is 1.10 bits per heavy atom. The molecule has 0 bridgehead atoms. The zero-order valence-electron chi connectivity index (χ0n) is 11.6. The van der Waals surface area contributed by atoms with Crippen molar-refractivity contribution in [2.45, 2.75) is 6.92 Å². The molecule has 0 unspecified atom stereocenters. The summed E-state index contributed by atoms with van der Waals surface area (Å²) in [4.78, 5) is 4.44. The minimum Gasteiger partial charge on any atom is -0.496 e. The van der Waals surface area contributed by atoms with Crippen LogP contribution in [0.15, 0.2) is 47.0 Å². The maximum atomic E-state index is 6.03. The predicted octanol–water partition coefficient (Wildman–Crippen LogP) is 4.37. The second-order valence-electron chi connectivity index (χ2n) is 4.58. The minimum absolute atomic E-state index is 0.451. The fourth-order valence-corrected chi connectivity index (χ4v) is 2.28. The van der Waals surface area contributed by atoms with Crippen LogP contribution in [0.1, 0.15) is 5.56 Å². The fourth-order valence-electron chi connectivity index (χ4n) is 2.11. The first kappa shape index (κ1) is 13.6. The maximum absolute atomic E-state index is 6.03. The van der Waals surface area contributed by atoms with Gasteiger partial charge in [-0.15, -0.1) is 0 Å². The molecule has 0 aliphatic heterocycles. The normalized spacial score (nSPS) is 10.6. The molecule has 0 fully saturated rings. The summed E-state index contributed by atoms with van der Waals surface area (Å²) in [7, 11) is 1.59. The molecular formula is C16H13ClN2O2. The molecule has 1 aromatic heterocycles. The third-order valence-electron chi connectivity index (χ3n) is 3.20. The quantitative estimate of drug-likeness (QED) is 0.720. The number of ether oxygens (including phenoxy) is 1. The maximum Gasteiger partial charge on any atom is 0.258 e. The van der Waals surface area contributed by atoms with Gasteiger partial charge in [-0.3, -0.25) is 0 Å². The van der Waals surface area contributed by atoms with Gasteiger partial charge in [-0.1, -0.05) is 35.0 Å². The van der Waals surface area contributed by atoms with E-state index in [0.717, 1.165) is 11.1 Å². The van der Waals surface area contributed by atoms with E-state index in [4.69, 9.17) is 20.9 Å². The van der Waals surface area contributed by atoms with Gasteiger partial charge in [0.25, 0.3) is 5.89 Å². The lowest BCUT2D eigenvalue weighted by atomic mass is 10.1. The summed E-state index contributed by atoms with van der Waals surface area (Å²) >= 11 is 6.03. The smallest absolute Gasteiger partial charge is 0.258 e. The molecule has 0 spiro atoms. The molecule has 0 N–H and O–H groups in total. The van der Waals surface area contributed by atoms with E-state index in [1.54, 1.807) is 25.3 Å². The second-order valence-corrected chi connectivity index (χ2v) is 5.02. The lowest BCUT2D eigenvalue weighted by Crippen LogP contribution is -1.89. The summed E-state index contributed by atoms with van der Waals surface area (Å²) in [5.41, 5.74) is 2.69. The molecule has 1 heterocycles. The van der Waals surface area contributed by atoms with Gasteiger partial charge in [-0.2, -0.15) is 4.98 Å². The third-order valence-corrected chi connectivity index (χ3v) is 3.44. The van der Waals surface area contributed by atoms with Crippen molar-refractivity contribution in [3.63, 3.8) is 0 Å². The first-order chi connectivity index (χ1) is 10.2. The van der Waals surface area contributed by atoms with Crippen LogP contribution in [0.3, 0.4) is 0 Å². The first-order valence-corrected chi connectivity index (χ1v) is 6.80. The predicted molar refractivity (Wildman–Crippen MR) is 81.5 cm³/mol. The number of aryl methyl sites for hydroxylation is 1. The van der Waals surface area contributed by atoms with Gasteiger partial charge in [-0.05, 0) is 36.8 Å². The van der Waals surface area contributed by atoms with Gasteiger partial charge in [0, 0.05) is 10.6 Å². The second kappa shape index (κ2) is 5.58. The Hall–Kier alpha value is -2.33. The lowest BCUT2D eigenvalue weighted by molar-refractivity contribution is 0.413. The minimum atomic E-state index is 0.451. The highest BCUT2D eigenvalue weighted by atomic mass is 35.5. The highest BCUT2D eigenvalue weighted by Gasteiger charge is 2.15. The summed E-state index contributed by atoms with van der Waals surface area (Å²) in [5, 5.41) is 4.62. The van der Waals surface area contributed by atoms with E-state index in [1.807, 2.05) is 31.2 Å². The number of rotatable bonds is 3. The first-order valence-electron chi connectivity index (χ1n) is 6.42. The van der Waals surface area contributed by atoms with Crippen LogP contribution in [0, 0.1) is 6.92 Å². The standard InChI is InChI=1S/C16H13ClN2O2/c1-10-5-3-4-6-12(10)16-18-15(19-21-16)13-9-11(17)7-8-14(13)20-2/h3-9H,1-2H3.